The minimum Gasteiger partial charge on any atom is -0.382 e. The van der Waals surface area contributed by atoms with E-state index in [2.05, 4.69) is 23.9 Å². The smallest absolute Gasteiger partial charge is 0.141 e. The van der Waals surface area contributed by atoms with Gasteiger partial charge < -0.3 is 10.6 Å². The zero-order valence-electron chi connectivity index (χ0n) is 11.2. The van der Waals surface area contributed by atoms with E-state index in [9.17, 15) is 0 Å². The third-order valence-electron chi connectivity index (χ3n) is 3.89. The number of nitrogen functional groups attached to an aromatic ring is 1. The van der Waals surface area contributed by atoms with Crippen molar-refractivity contribution in [1.82, 2.24) is 4.98 Å². The summed E-state index contributed by atoms with van der Waals surface area (Å²) in [4.78, 5) is 6.53. The summed E-state index contributed by atoms with van der Waals surface area (Å²) < 4.78 is 0. The molecule has 1 aromatic rings. The molecule has 2 unspecified atom stereocenters. The number of amidine groups is 1. The highest BCUT2D eigenvalue weighted by Crippen LogP contribution is 2.29. The van der Waals surface area contributed by atoms with Crippen LogP contribution in [0.25, 0.3) is 0 Å². The van der Waals surface area contributed by atoms with Gasteiger partial charge in [-0.25, -0.2) is 0 Å². The van der Waals surface area contributed by atoms with Crippen LogP contribution in [0.3, 0.4) is 0 Å². The van der Waals surface area contributed by atoms with Crippen molar-refractivity contribution < 1.29 is 0 Å². The molecule has 1 fully saturated rings. The summed E-state index contributed by atoms with van der Waals surface area (Å²) in [6.07, 6.45) is 7.00. The van der Waals surface area contributed by atoms with E-state index in [1.807, 2.05) is 18.3 Å². The minimum atomic E-state index is 0.0236. The summed E-state index contributed by atoms with van der Waals surface area (Å²) in [5.74, 6) is 0.839. The molecule has 0 amide bonds. The molecule has 0 aliphatic heterocycles. The maximum Gasteiger partial charge on any atom is 0.141 e. The molecule has 1 aromatic heterocycles. The van der Waals surface area contributed by atoms with Gasteiger partial charge in [-0.2, -0.15) is 0 Å². The van der Waals surface area contributed by atoms with Gasteiger partial charge in [0.1, 0.15) is 11.5 Å². The normalized spacial score (nSPS) is 23.7. The molecule has 0 saturated heterocycles. The van der Waals surface area contributed by atoms with Gasteiger partial charge in [0.15, 0.2) is 0 Å². The lowest BCUT2D eigenvalue weighted by Crippen LogP contribution is -2.35. The first kappa shape index (κ1) is 12.9. The summed E-state index contributed by atoms with van der Waals surface area (Å²) in [6.45, 7) is 2.33. The van der Waals surface area contributed by atoms with Gasteiger partial charge in [0.25, 0.3) is 0 Å². The summed E-state index contributed by atoms with van der Waals surface area (Å²) in [7, 11) is 2.13. The lowest BCUT2D eigenvalue weighted by molar-refractivity contribution is 0.336. The molecule has 4 heteroatoms. The summed E-state index contributed by atoms with van der Waals surface area (Å²) in [5.41, 5.74) is 7.06. The first-order valence-corrected chi connectivity index (χ1v) is 6.61. The Morgan fingerprint density at radius 3 is 2.78 bits per heavy atom. The number of nitrogens with one attached hydrogen (secondary N) is 1. The molecular formula is C14H22N4. The Bertz CT molecular complexity index is 412. The van der Waals surface area contributed by atoms with Gasteiger partial charge in [-0.3, -0.25) is 10.4 Å². The van der Waals surface area contributed by atoms with Crippen molar-refractivity contribution in [1.29, 1.82) is 5.41 Å². The number of hydrogen-bond acceptors (Lipinski definition) is 3. The van der Waals surface area contributed by atoms with Crippen LogP contribution in [-0.2, 0) is 0 Å². The average Bonchev–Trinajstić information content (AvgIpc) is 2.38. The predicted octanol–water partition coefficient (Wildman–Crippen LogP) is 2.38. The standard InChI is InChI=1S/C14H22N4/c1-10-4-3-5-11(8-10)18(2)12-6-7-13(14(15)16)17-9-12/h6-7,9-11H,3-5,8H2,1-2H3,(H3,15,16). The van der Waals surface area contributed by atoms with E-state index in [0.29, 0.717) is 11.7 Å². The summed E-state index contributed by atoms with van der Waals surface area (Å²) >= 11 is 0. The fraction of sp³-hybridized carbons (Fsp3) is 0.571. The SMILES string of the molecule is CC1CCCC(N(C)c2ccc(C(=N)N)nc2)C1. The summed E-state index contributed by atoms with van der Waals surface area (Å²) in [5, 5.41) is 7.34. The number of nitrogens with two attached hydrogens (primary N) is 1. The van der Waals surface area contributed by atoms with E-state index in [1.165, 1.54) is 25.7 Å². The van der Waals surface area contributed by atoms with E-state index in [-0.39, 0.29) is 5.84 Å². The van der Waals surface area contributed by atoms with Gasteiger partial charge in [-0.1, -0.05) is 19.8 Å². The van der Waals surface area contributed by atoms with Crippen molar-refractivity contribution in [3.8, 4) is 0 Å². The number of anilines is 1. The van der Waals surface area contributed by atoms with Gasteiger partial charge in [0.2, 0.25) is 0 Å². The molecule has 0 bridgehead atoms. The predicted molar refractivity (Wildman–Crippen MR) is 75.1 cm³/mol. The summed E-state index contributed by atoms with van der Waals surface area (Å²) in [6, 6.07) is 4.43. The molecule has 1 aliphatic rings. The van der Waals surface area contributed by atoms with Crippen molar-refractivity contribution in [3.63, 3.8) is 0 Å². The molecule has 2 rings (SSSR count). The van der Waals surface area contributed by atoms with Crippen LogP contribution in [0.1, 0.15) is 38.3 Å². The van der Waals surface area contributed by atoms with Crippen molar-refractivity contribution in [2.45, 2.75) is 38.6 Å². The molecule has 1 aliphatic carbocycles. The highest BCUT2D eigenvalue weighted by Gasteiger charge is 2.22. The minimum absolute atomic E-state index is 0.0236. The molecule has 0 spiro atoms. The fourth-order valence-corrected chi connectivity index (χ4v) is 2.72. The van der Waals surface area contributed by atoms with E-state index in [1.54, 1.807) is 0 Å². The van der Waals surface area contributed by atoms with Gasteiger partial charge >= 0.3 is 0 Å². The molecule has 18 heavy (non-hydrogen) atoms. The molecule has 3 N–H and O–H groups in total. The zero-order chi connectivity index (χ0) is 13.1. The third-order valence-corrected chi connectivity index (χ3v) is 3.89. The van der Waals surface area contributed by atoms with Crippen molar-refractivity contribution in [2.24, 2.45) is 11.7 Å². The molecule has 1 heterocycles. The van der Waals surface area contributed by atoms with E-state index in [4.69, 9.17) is 11.1 Å². The second-order valence-electron chi connectivity index (χ2n) is 5.35. The molecular weight excluding hydrogens is 224 g/mol. The molecule has 2 atom stereocenters. The Morgan fingerprint density at radius 1 is 1.44 bits per heavy atom. The van der Waals surface area contributed by atoms with Crippen molar-refractivity contribution >= 4 is 11.5 Å². The van der Waals surface area contributed by atoms with Crippen LogP contribution < -0.4 is 10.6 Å². The van der Waals surface area contributed by atoms with Crippen LogP contribution >= 0.6 is 0 Å². The monoisotopic (exact) mass is 246 g/mol. The van der Waals surface area contributed by atoms with Gasteiger partial charge in [-0.05, 0) is 30.9 Å². The van der Waals surface area contributed by atoms with Crippen molar-refractivity contribution in [3.05, 3.63) is 24.0 Å². The second-order valence-corrected chi connectivity index (χ2v) is 5.35. The lowest BCUT2D eigenvalue weighted by Gasteiger charge is -2.35. The maximum atomic E-state index is 7.34. The lowest BCUT2D eigenvalue weighted by atomic mass is 9.86. The Hall–Kier alpha value is -1.58. The molecule has 1 saturated carbocycles. The zero-order valence-corrected chi connectivity index (χ0v) is 11.2. The number of pyridine rings is 1. The highest BCUT2D eigenvalue weighted by molar-refractivity contribution is 5.93. The highest BCUT2D eigenvalue weighted by atomic mass is 15.1. The Morgan fingerprint density at radius 2 is 2.22 bits per heavy atom. The molecule has 0 aromatic carbocycles. The second kappa shape index (κ2) is 5.38. The quantitative estimate of drug-likeness (QED) is 0.635. The Balaban J connectivity index is 2.08. The number of rotatable bonds is 3. The van der Waals surface area contributed by atoms with E-state index < -0.39 is 0 Å². The van der Waals surface area contributed by atoms with E-state index in [0.717, 1.165) is 11.6 Å². The maximum absolute atomic E-state index is 7.34. The van der Waals surface area contributed by atoms with Crippen LogP contribution in [0.5, 0.6) is 0 Å². The average molecular weight is 246 g/mol. The molecule has 4 nitrogen and oxygen atoms in total. The van der Waals surface area contributed by atoms with Crippen LogP contribution in [0.2, 0.25) is 0 Å². The first-order chi connectivity index (χ1) is 8.58. The number of hydrogen-bond donors (Lipinski definition) is 2. The number of nitrogens with zero attached hydrogens (tertiary/aromatic N) is 2. The fourth-order valence-electron chi connectivity index (χ4n) is 2.72. The van der Waals surface area contributed by atoms with Crippen LogP contribution in [0, 0.1) is 11.3 Å². The van der Waals surface area contributed by atoms with Crippen molar-refractivity contribution in [2.75, 3.05) is 11.9 Å². The van der Waals surface area contributed by atoms with Gasteiger partial charge in [0, 0.05) is 13.1 Å². The Kier molecular flexibility index (Phi) is 3.84. The first-order valence-electron chi connectivity index (χ1n) is 6.61. The Labute approximate surface area is 109 Å². The van der Waals surface area contributed by atoms with Crippen LogP contribution in [0.4, 0.5) is 5.69 Å². The van der Waals surface area contributed by atoms with Gasteiger partial charge in [-0.15, -0.1) is 0 Å². The topological polar surface area (TPSA) is 66.0 Å². The van der Waals surface area contributed by atoms with Crippen LogP contribution in [0.15, 0.2) is 18.3 Å². The number of aromatic nitrogens is 1. The molecule has 0 radical (unpaired) electrons. The molecule has 98 valence electrons. The van der Waals surface area contributed by atoms with E-state index >= 15 is 0 Å². The van der Waals surface area contributed by atoms with Crippen LogP contribution in [-0.4, -0.2) is 23.9 Å². The largest absolute Gasteiger partial charge is 0.382 e. The van der Waals surface area contributed by atoms with Gasteiger partial charge in [0.05, 0.1) is 11.9 Å². The third kappa shape index (κ3) is 2.81.